The van der Waals surface area contributed by atoms with Gasteiger partial charge < -0.3 is 14.6 Å². The smallest absolute Gasteiger partial charge is 0.232 e. The predicted molar refractivity (Wildman–Crippen MR) is 87.5 cm³/mol. The minimum absolute atomic E-state index is 0.307. The molecule has 0 fully saturated rings. The number of nitrogens with one attached hydrogen (secondary N) is 1. The van der Waals surface area contributed by atoms with Gasteiger partial charge in [-0.1, -0.05) is 32.0 Å². The molecule has 0 bridgehead atoms. The molecular weight excluding hydrogens is 276 g/mol. The highest BCUT2D eigenvalue weighted by atomic mass is 16.4. The fraction of sp³-hybridized carbons (Fsp3) is 0.412. The van der Waals surface area contributed by atoms with E-state index < -0.39 is 0 Å². The zero-order valence-corrected chi connectivity index (χ0v) is 13.2. The van der Waals surface area contributed by atoms with Crippen molar-refractivity contribution in [3.63, 3.8) is 0 Å². The van der Waals surface area contributed by atoms with Gasteiger partial charge in [0.05, 0.1) is 0 Å². The Bertz CT molecular complexity index is 611. The van der Waals surface area contributed by atoms with Crippen LogP contribution in [0.1, 0.15) is 26.0 Å². The van der Waals surface area contributed by atoms with Gasteiger partial charge in [-0.2, -0.15) is 10.2 Å². The Morgan fingerprint density at radius 3 is 2.59 bits per heavy atom. The fourth-order valence-electron chi connectivity index (χ4n) is 2.26. The van der Waals surface area contributed by atoms with Crippen molar-refractivity contribution in [1.82, 2.24) is 9.88 Å². The van der Waals surface area contributed by atoms with Crippen LogP contribution in [0.3, 0.4) is 0 Å². The summed E-state index contributed by atoms with van der Waals surface area (Å²) >= 11 is 0. The summed E-state index contributed by atoms with van der Waals surface area (Å²) in [5, 5.41) is 12.4. The van der Waals surface area contributed by atoms with Gasteiger partial charge in [-0.25, -0.2) is 0 Å². The van der Waals surface area contributed by atoms with E-state index in [-0.39, 0.29) is 0 Å². The lowest BCUT2D eigenvalue weighted by molar-refractivity contribution is 0.302. The number of benzene rings is 1. The Hall–Kier alpha value is -2.32. The van der Waals surface area contributed by atoms with Gasteiger partial charge >= 0.3 is 0 Å². The Balaban J connectivity index is 1.97. The van der Waals surface area contributed by atoms with Crippen molar-refractivity contribution in [2.24, 2.45) is 0 Å². The lowest BCUT2D eigenvalue weighted by atomic mass is 10.2. The third-order valence-electron chi connectivity index (χ3n) is 3.58. The van der Waals surface area contributed by atoms with E-state index in [1.54, 1.807) is 0 Å². The Morgan fingerprint density at radius 1 is 1.23 bits per heavy atom. The molecule has 5 nitrogen and oxygen atoms in total. The Morgan fingerprint density at radius 2 is 1.95 bits per heavy atom. The van der Waals surface area contributed by atoms with E-state index in [0.717, 1.165) is 38.2 Å². The first-order valence-electron chi connectivity index (χ1n) is 7.71. The molecule has 0 aliphatic carbocycles. The maximum Gasteiger partial charge on any atom is 0.232 e. The molecule has 0 unspecified atom stereocenters. The molecule has 0 aliphatic heterocycles. The number of aromatic nitrogens is 1. The summed E-state index contributed by atoms with van der Waals surface area (Å²) in [5.74, 6) is 0.935. The summed E-state index contributed by atoms with van der Waals surface area (Å²) in [7, 11) is 0. The quantitative estimate of drug-likeness (QED) is 0.757. The SMILES string of the molecule is CCN(CC)CCCNc1oc(-c2ccccc2)nc1C#N. The van der Waals surface area contributed by atoms with Crippen molar-refractivity contribution < 1.29 is 4.42 Å². The highest BCUT2D eigenvalue weighted by Crippen LogP contribution is 2.24. The highest BCUT2D eigenvalue weighted by molar-refractivity contribution is 5.58. The van der Waals surface area contributed by atoms with Crippen molar-refractivity contribution in [3.05, 3.63) is 36.0 Å². The molecule has 0 amide bonds. The molecule has 1 N–H and O–H groups in total. The number of hydrogen-bond donors (Lipinski definition) is 1. The van der Waals surface area contributed by atoms with Gasteiger partial charge in [0.2, 0.25) is 17.5 Å². The standard InChI is InChI=1S/C17H22N4O/c1-3-21(4-2)12-8-11-19-17-15(13-18)20-16(22-17)14-9-6-5-7-10-14/h5-7,9-10,19H,3-4,8,11-12H2,1-2H3. The summed E-state index contributed by atoms with van der Waals surface area (Å²) in [6.45, 7) is 8.22. The van der Waals surface area contributed by atoms with Gasteiger partial charge in [0, 0.05) is 12.1 Å². The molecule has 0 saturated heterocycles. The van der Waals surface area contributed by atoms with Crippen molar-refractivity contribution in [3.8, 4) is 17.5 Å². The molecule has 116 valence electrons. The van der Waals surface area contributed by atoms with Crippen LogP contribution in [0.4, 0.5) is 5.88 Å². The van der Waals surface area contributed by atoms with E-state index in [1.807, 2.05) is 30.3 Å². The van der Waals surface area contributed by atoms with Crippen LogP contribution in [0, 0.1) is 11.3 Å². The molecule has 0 saturated carbocycles. The second-order valence-electron chi connectivity index (χ2n) is 4.98. The summed E-state index contributed by atoms with van der Waals surface area (Å²) in [4.78, 5) is 6.61. The van der Waals surface area contributed by atoms with Crippen molar-refractivity contribution in [2.75, 3.05) is 31.5 Å². The average molecular weight is 298 g/mol. The van der Waals surface area contributed by atoms with Gasteiger partial charge in [-0.15, -0.1) is 0 Å². The number of nitriles is 1. The Kier molecular flexibility index (Phi) is 5.99. The van der Waals surface area contributed by atoms with Crippen LogP contribution in [0.5, 0.6) is 0 Å². The number of oxazole rings is 1. The number of hydrogen-bond acceptors (Lipinski definition) is 5. The topological polar surface area (TPSA) is 65.1 Å². The first kappa shape index (κ1) is 16.1. The molecule has 0 atom stereocenters. The summed E-state index contributed by atoms with van der Waals surface area (Å²) in [5.41, 5.74) is 1.18. The second-order valence-corrected chi connectivity index (χ2v) is 4.98. The summed E-state index contributed by atoms with van der Waals surface area (Å²) < 4.78 is 5.69. The van der Waals surface area contributed by atoms with E-state index in [9.17, 15) is 5.26 Å². The van der Waals surface area contributed by atoms with Gasteiger partial charge in [-0.05, 0) is 38.2 Å². The third-order valence-corrected chi connectivity index (χ3v) is 3.58. The molecule has 0 aliphatic rings. The predicted octanol–water partition coefficient (Wildman–Crippen LogP) is 3.36. The number of nitrogens with zero attached hydrogens (tertiary/aromatic N) is 3. The minimum Gasteiger partial charge on any atom is -0.419 e. The van der Waals surface area contributed by atoms with Gasteiger partial charge in [0.15, 0.2) is 0 Å². The summed E-state index contributed by atoms with van der Waals surface area (Å²) in [6, 6.07) is 11.7. The largest absolute Gasteiger partial charge is 0.419 e. The van der Waals surface area contributed by atoms with E-state index in [1.165, 1.54) is 0 Å². The molecule has 0 radical (unpaired) electrons. The molecule has 1 aromatic carbocycles. The van der Waals surface area contributed by atoms with E-state index in [0.29, 0.717) is 17.5 Å². The maximum atomic E-state index is 9.18. The first-order chi connectivity index (χ1) is 10.8. The number of rotatable bonds is 8. The van der Waals surface area contributed by atoms with Crippen LogP contribution in [-0.4, -0.2) is 36.1 Å². The van der Waals surface area contributed by atoms with Crippen LogP contribution in [0.25, 0.3) is 11.5 Å². The van der Waals surface area contributed by atoms with Crippen LogP contribution in [-0.2, 0) is 0 Å². The molecule has 5 heteroatoms. The van der Waals surface area contributed by atoms with Gasteiger partial charge in [0.1, 0.15) is 6.07 Å². The third kappa shape index (κ3) is 4.09. The lowest BCUT2D eigenvalue weighted by Crippen LogP contribution is -2.25. The van der Waals surface area contributed by atoms with Gasteiger partial charge in [-0.3, -0.25) is 0 Å². The molecule has 22 heavy (non-hydrogen) atoms. The zero-order chi connectivity index (χ0) is 15.8. The lowest BCUT2D eigenvalue weighted by Gasteiger charge is -2.17. The van der Waals surface area contributed by atoms with Crippen LogP contribution in [0.2, 0.25) is 0 Å². The minimum atomic E-state index is 0.307. The van der Waals surface area contributed by atoms with E-state index in [4.69, 9.17) is 4.42 Å². The first-order valence-corrected chi connectivity index (χ1v) is 7.71. The van der Waals surface area contributed by atoms with Crippen molar-refractivity contribution in [2.45, 2.75) is 20.3 Å². The average Bonchev–Trinajstić information content (AvgIpc) is 2.99. The molecule has 2 rings (SSSR count). The highest BCUT2D eigenvalue weighted by Gasteiger charge is 2.13. The zero-order valence-electron chi connectivity index (χ0n) is 13.2. The Labute approximate surface area is 131 Å². The molecule has 2 aromatic rings. The number of anilines is 1. The van der Waals surface area contributed by atoms with Gasteiger partial charge in [0.25, 0.3) is 0 Å². The van der Waals surface area contributed by atoms with Crippen LogP contribution < -0.4 is 5.32 Å². The normalized spacial score (nSPS) is 10.6. The molecule has 1 heterocycles. The molecule has 1 aromatic heterocycles. The van der Waals surface area contributed by atoms with Crippen LogP contribution >= 0.6 is 0 Å². The molecule has 0 spiro atoms. The summed E-state index contributed by atoms with van der Waals surface area (Å²) in [6.07, 6.45) is 0.994. The maximum absolute atomic E-state index is 9.18. The fourth-order valence-corrected chi connectivity index (χ4v) is 2.26. The monoisotopic (exact) mass is 298 g/mol. The van der Waals surface area contributed by atoms with Crippen molar-refractivity contribution >= 4 is 5.88 Å². The van der Waals surface area contributed by atoms with Crippen molar-refractivity contribution in [1.29, 1.82) is 5.26 Å². The van der Waals surface area contributed by atoms with E-state index >= 15 is 0 Å². The van der Waals surface area contributed by atoms with Crippen LogP contribution in [0.15, 0.2) is 34.7 Å². The molecular formula is C17H22N4O. The van der Waals surface area contributed by atoms with E-state index in [2.05, 4.69) is 35.1 Å². The second kappa shape index (κ2) is 8.20.